The van der Waals surface area contributed by atoms with E-state index in [-0.39, 0.29) is 5.97 Å². The minimum Gasteiger partial charge on any atom is -0.491 e. The highest BCUT2D eigenvalue weighted by atomic mass is 16.5. The molecule has 1 heterocycles. The minimum absolute atomic E-state index is 0.355. The molecular weight excluding hydrogens is 318 g/mol. The van der Waals surface area contributed by atoms with Crippen molar-refractivity contribution in [2.24, 2.45) is 11.0 Å². The third-order valence-electron chi connectivity index (χ3n) is 4.02. The van der Waals surface area contributed by atoms with E-state index in [2.05, 4.69) is 28.9 Å². The molecule has 0 aliphatic carbocycles. The highest BCUT2D eigenvalue weighted by Gasteiger charge is 2.22. The Bertz CT molecular complexity index is 643. The van der Waals surface area contributed by atoms with Crippen molar-refractivity contribution in [3.8, 4) is 5.75 Å². The van der Waals surface area contributed by atoms with Gasteiger partial charge in [-0.15, -0.1) is 6.58 Å². The number of esters is 1. The van der Waals surface area contributed by atoms with Gasteiger partial charge in [0, 0.05) is 18.2 Å². The first-order valence-electron chi connectivity index (χ1n) is 8.52. The van der Waals surface area contributed by atoms with Crippen molar-refractivity contribution in [3.63, 3.8) is 0 Å². The van der Waals surface area contributed by atoms with Crippen LogP contribution < -0.4 is 15.1 Å². The predicted molar refractivity (Wildman–Crippen MR) is 100 cm³/mol. The lowest BCUT2D eigenvalue weighted by Crippen LogP contribution is -2.35. The molecular formula is C19H27N3O3. The van der Waals surface area contributed by atoms with Crippen LogP contribution in [0.2, 0.25) is 0 Å². The summed E-state index contributed by atoms with van der Waals surface area (Å²) in [6, 6.07) is 5.37. The maximum Gasteiger partial charge on any atom is 0.337 e. The monoisotopic (exact) mass is 345 g/mol. The number of rotatable bonds is 7. The van der Waals surface area contributed by atoms with Crippen LogP contribution in [0.1, 0.15) is 37.0 Å². The number of ether oxygens (including phenoxy) is 2. The topological polar surface area (TPSA) is 63.2 Å². The Balaban J connectivity index is 2.16. The molecule has 0 fully saturated rings. The van der Waals surface area contributed by atoms with E-state index in [9.17, 15) is 4.79 Å². The SMILES string of the molecule is C=CCC/C(C)=N/NCN1CC(C)COc2ccc(C(=O)OC)cc21. The molecule has 0 radical (unpaired) electrons. The second-order valence-electron chi connectivity index (χ2n) is 6.30. The van der Waals surface area contributed by atoms with Crippen molar-refractivity contribution in [2.75, 3.05) is 31.8 Å². The molecule has 1 atom stereocenters. The van der Waals surface area contributed by atoms with Crippen LogP contribution in [0.3, 0.4) is 0 Å². The third kappa shape index (κ3) is 5.24. The number of hydrogen-bond donors (Lipinski definition) is 1. The zero-order valence-corrected chi connectivity index (χ0v) is 15.2. The van der Waals surface area contributed by atoms with E-state index in [0.717, 1.165) is 36.5 Å². The Morgan fingerprint density at radius 3 is 3.08 bits per heavy atom. The third-order valence-corrected chi connectivity index (χ3v) is 4.02. The van der Waals surface area contributed by atoms with Crippen molar-refractivity contribution < 1.29 is 14.3 Å². The van der Waals surface area contributed by atoms with Gasteiger partial charge >= 0.3 is 5.97 Å². The fourth-order valence-electron chi connectivity index (χ4n) is 2.66. The van der Waals surface area contributed by atoms with E-state index in [1.165, 1.54) is 7.11 Å². The molecule has 6 nitrogen and oxygen atoms in total. The molecule has 1 aliphatic rings. The first-order chi connectivity index (χ1) is 12.0. The van der Waals surface area contributed by atoms with Gasteiger partial charge in [-0.1, -0.05) is 13.0 Å². The van der Waals surface area contributed by atoms with Crippen LogP contribution in [0.5, 0.6) is 5.75 Å². The molecule has 0 saturated carbocycles. The highest BCUT2D eigenvalue weighted by molar-refractivity contribution is 5.91. The number of nitrogens with one attached hydrogen (secondary N) is 1. The summed E-state index contributed by atoms with van der Waals surface area (Å²) >= 11 is 0. The van der Waals surface area contributed by atoms with Crippen LogP contribution in [-0.4, -0.2) is 38.6 Å². The second-order valence-corrected chi connectivity index (χ2v) is 6.30. The fourth-order valence-corrected chi connectivity index (χ4v) is 2.66. The first-order valence-corrected chi connectivity index (χ1v) is 8.52. The van der Waals surface area contributed by atoms with Crippen LogP contribution in [0.25, 0.3) is 0 Å². The van der Waals surface area contributed by atoms with Crippen molar-refractivity contribution >= 4 is 17.4 Å². The number of methoxy groups -OCH3 is 1. The van der Waals surface area contributed by atoms with Crippen molar-refractivity contribution in [3.05, 3.63) is 36.4 Å². The smallest absolute Gasteiger partial charge is 0.337 e. The quantitative estimate of drug-likeness (QED) is 0.356. The lowest BCUT2D eigenvalue weighted by atomic mass is 10.1. The zero-order valence-electron chi connectivity index (χ0n) is 15.2. The van der Waals surface area contributed by atoms with Crippen LogP contribution in [-0.2, 0) is 4.74 Å². The number of anilines is 1. The molecule has 6 heteroatoms. The van der Waals surface area contributed by atoms with Crippen LogP contribution in [0.4, 0.5) is 5.69 Å². The minimum atomic E-state index is -0.355. The summed E-state index contributed by atoms with van der Waals surface area (Å²) < 4.78 is 10.7. The summed E-state index contributed by atoms with van der Waals surface area (Å²) in [5.41, 5.74) is 5.54. The van der Waals surface area contributed by atoms with Gasteiger partial charge in [0.25, 0.3) is 0 Å². The van der Waals surface area contributed by atoms with E-state index in [1.807, 2.05) is 25.1 Å². The molecule has 2 rings (SSSR count). The Kier molecular flexibility index (Phi) is 6.86. The van der Waals surface area contributed by atoms with E-state index in [0.29, 0.717) is 24.8 Å². The zero-order chi connectivity index (χ0) is 18.2. The lowest BCUT2D eigenvalue weighted by molar-refractivity contribution is 0.0600. The fraction of sp³-hybridized carbons (Fsp3) is 0.474. The van der Waals surface area contributed by atoms with E-state index >= 15 is 0 Å². The molecule has 0 bridgehead atoms. The molecule has 25 heavy (non-hydrogen) atoms. The van der Waals surface area contributed by atoms with Gasteiger partial charge in [0.1, 0.15) is 12.4 Å². The highest BCUT2D eigenvalue weighted by Crippen LogP contribution is 2.32. The number of carbonyl (C=O) groups excluding carboxylic acids is 1. The van der Waals surface area contributed by atoms with Gasteiger partial charge < -0.3 is 14.4 Å². The van der Waals surface area contributed by atoms with E-state index in [1.54, 1.807) is 6.07 Å². The van der Waals surface area contributed by atoms with Gasteiger partial charge in [0.05, 0.1) is 25.0 Å². The first kappa shape index (κ1) is 18.8. The molecule has 0 saturated heterocycles. The Labute approximate surface area is 149 Å². The Morgan fingerprint density at radius 2 is 2.36 bits per heavy atom. The summed E-state index contributed by atoms with van der Waals surface area (Å²) in [4.78, 5) is 14.0. The van der Waals surface area contributed by atoms with Crippen LogP contribution in [0, 0.1) is 5.92 Å². The average molecular weight is 345 g/mol. The number of allylic oxidation sites excluding steroid dienone is 1. The molecule has 0 aromatic heterocycles. The molecule has 1 aliphatic heterocycles. The summed E-state index contributed by atoms with van der Waals surface area (Å²) in [6.07, 6.45) is 3.69. The maximum atomic E-state index is 11.8. The average Bonchev–Trinajstić information content (AvgIpc) is 2.78. The van der Waals surface area contributed by atoms with Gasteiger partial charge in [-0.25, -0.2) is 4.79 Å². The normalized spacial score (nSPS) is 17.2. The summed E-state index contributed by atoms with van der Waals surface area (Å²) in [5, 5.41) is 4.40. The van der Waals surface area contributed by atoms with Gasteiger partial charge in [-0.3, -0.25) is 5.43 Å². The van der Waals surface area contributed by atoms with Crippen LogP contribution >= 0.6 is 0 Å². The van der Waals surface area contributed by atoms with E-state index in [4.69, 9.17) is 9.47 Å². The Morgan fingerprint density at radius 1 is 1.56 bits per heavy atom. The molecule has 1 unspecified atom stereocenters. The summed E-state index contributed by atoms with van der Waals surface area (Å²) in [6.45, 7) is 9.85. The molecule has 0 amide bonds. The largest absolute Gasteiger partial charge is 0.491 e. The van der Waals surface area contributed by atoms with E-state index < -0.39 is 0 Å². The van der Waals surface area contributed by atoms with Crippen molar-refractivity contribution in [1.29, 1.82) is 0 Å². The lowest BCUT2D eigenvalue weighted by Gasteiger charge is -2.25. The molecule has 1 aromatic carbocycles. The number of hydrogen-bond acceptors (Lipinski definition) is 6. The number of nitrogens with zero attached hydrogens (tertiary/aromatic N) is 2. The Hall–Kier alpha value is -2.50. The summed E-state index contributed by atoms with van der Waals surface area (Å²) in [5.74, 6) is 0.777. The predicted octanol–water partition coefficient (Wildman–Crippen LogP) is 3.20. The number of benzene rings is 1. The van der Waals surface area contributed by atoms with Gasteiger partial charge in [0.2, 0.25) is 0 Å². The number of fused-ring (bicyclic) bond motifs is 1. The second kappa shape index (κ2) is 9.11. The number of hydrazone groups is 1. The molecule has 1 N–H and O–H groups in total. The number of carbonyl (C=O) groups is 1. The molecule has 136 valence electrons. The van der Waals surface area contributed by atoms with Crippen LogP contribution in [0.15, 0.2) is 36.0 Å². The standard InChI is InChI=1S/C19H27N3O3/c1-5-6-7-15(3)21-20-13-22-11-14(2)12-25-18-9-8-16(10-17(18)22)19(23)24-4/h5,8-10,14,20H,1,6-7,11-13H2,2-4H3/b21-15+. The van der Waals surface area contributed by atoms with Crippen molar-refractivity contribution in [1.82, 2.24) is 5.43 Å². The van der Waals surface area contributed by atoms with Gasteiger partial charge in [-0.2, -0.15) is 5.10 Å². The maximum absolute atomic E-state index is 11.8. The van der Waals surface area contributed by atoms with Gasteiger partial charge in [-0.05, 0) is 38.0 Å². The molecule has 0 spiro atoms. The van der Waals surface area contributed by atoms with Gasteiger partial charge in [0.15, 0.2) is 0 Å². The summed E-state index contributed by atoms with van der Waals surface area (Å²) in [7, 11) is 1.38. The van der Waals surface area contributed by atoms with Crippen molar-refractivity contribution in [2.45, 2.75) is 26.7 Å². The molecule has 1 aromatic rings.